The fourth-order valence-corrected chi connectivity index (χ4v) is 2.02. The van der Waals surface area contributed by atoms with Gasteiger partial charge in [-0.2, -0.15) is 0 Å². The quantitative estimate of drug-likeness (QED) is 0.529. The van der Waals surface area contributed by atoms with Crippen LogP contribution in [0.5, 0.6) is 0 Å². The Bertz CT molecular complexity index is 255. The van der Waals surface area contributed by atoms with Gasteiger partial charge in [-0.05, 0) is 13.8 Å². The average Bonchev–Trinajstić information content (AvgIpc) is 2.60. The third kappa shape index (κ3) is 1.57. The SMILES string of the molecule is CC1(C)OC2[C@H](O[C@H](CO)[C@@]2(O)CO)O1. The van der Waals surface area contributed by atoms with Gasteiger partial charge in [0.15, 0.2) is 12.1 Å². The van der Waals surface area contributed by atoms with Gasteiger partial charge in [0.25, 0.3) is 0 Å². The Kier molecular flexibility index (Phi) is 2.53. The van der Waals surface area contributed by atoms with Gasteiger partial charge in [-0.3, -0.25) is 0 Å². The van der Waals surface area contributed by atoms with Crippen molar-refractivity contribution >= 4 is 0 Å². The number of hydrogen-bond acceptors (Lipinski definition) is 6. The summed E-state index contributed by atoms with van der Waals surface area (Å²) in [6.45, 7) is 2.46. The molecule has 1 unspecified atom stereocenters. The molecule has 0 aromatic carbocycles. The highest BCUT2D eigenvalue weighted by atomic mass is 16.8. The summed E-state index contributed by atoms with van der Waals surface area (Å²) in [5, 5.41) is 28.3. The molecule has 0 radical (unpaired) electrons. The summed E-state index contributed by atoms with van der Waals surface area (Å²) in [6, 6.07) is 0. The van der Waals surface area contributed by atoms with Gasteiger partial charge in [0.05, 0.1) is 13.2 Å². The van der Waals surface area contributed by atoms with Crippen LogP contribution in [0.15, 0.2) is 0 Å². The second kappa shape index (κ2) is 3.38. The van der Waals surface area contributed by atoms with Crippen LogP contribution in [0.25, 0.3) is 0 Å². The van der Waals surface area contributed by atoms with E-state index in [4.69, 9.17) is 24.4 Å². The zero-order valence-electron chi connectivity index (χ0n) is 8.71. The third-order valence-corrected chi connectivity index (χ3v) is 2.83. The van der Waals surface area contributed by atoms with Crippen molar-refractivity contribution in [2.24, 2.45) is 0 Å². The van der Waals surface area contributed by atoms with Gasteiger partial charge >= 0.3 is 0 Å². The largest absolute Gasteiger partial charge is 0.394 e. The van der Waals surface area contributed by atoms with Crippen molar-refractivity contribution in [1.82, 2.24) is 0 Å². The predicted molar refractivity (Wildman–Crippen MR) is 47.8 cm³/mol. The standard InChI is InChI=1S/C9H16O6/c1-8(2)14-6-7(15-8)13-5(3-10)9(6,12)4-11/h5-7,10-12H,3-4H2,1-2H3/t5-,6?,7-,9+/m1/s1. The van der Waals surface area contributed by atoms with E-state index in [2.05, 4.69) is 0 Å². The number of aliphatic hydroxyl groups is 3. The molecule has 15 heavy (non-hydrogen) atoms. The van der Waals surface area contributed by atoms with Crippen LogP contribution in [0.1, 0.15) is 13.8 Å². The topological polar surface area (TPSA) is 88.4 Å². The monoisotopic (exact) mass is 220 g/mol. The van der Waals surface area contributed by atoms with Crippen LogP contribution in [0, 0.1) is 0 Å². The summed E-state index contributed by atoms with van der Waals surface area (Å²) < 4.78 is 16.1. The maximum Gasteiger partial charge on any atom is 0.190 e. The van der Waals surface area contributed by atoms with Crippen LogP contribution in [0.2, 0.25) is 0 Å². The molecule has 2 fully saturated rings. The van der Waals surface area contributed by atoms with E-state index >= 15 is 0 Å². The Morgan fingerprint density at radius 2 is 1.87 bits per heavy atom. The number of fused-ring (bicyclic) bond motifs is 1. The van der Waals surface area contributed by atoms with E-state index in [1.807, 2.05) is 0 Å². The summed E-state index contributed by atoms with van der Waals surface area (Å²) in [4.78, 5) is 0. The molecule has 0 saturated carbocycles. The number of ether oxygens (including phenoxy) is 3. The van der Waals surface area contributed by atoms with Crippen molar-refractivity contribution in [2.75, 3.05) is 13.2 Å². The minimum absolute atomic E-state index is 0.392. The number of rotatable bonds is 2. The van der Waals surface area contributed by atoms with Crippen molar-refractivity contribution in [3.63, 3.8) is 0 Å². The zero-order valence-corrected chi connectivity index (χ0v) is 8.71. The molecule has 2 heterocycles. The Morgan fingerprint density at radius 3 is 2.40 bits per heavy atom. The predicted octanol–water partition coefficient (Wildman–Crippen LogP) is -1.42. The van der Waals surface area contributed by atoms with Gasteiger partial charge in [-0.15, -0.1) is 0 Å². The molecule has 88 valence electrons. The van der Waals surface area contributed by atoms with Gasteiger partial charge in [-0.1, -0.05) is 0 Å². The molecule has 2 saturated heterocycles. The molecule has 0 aromatic rings. The number of hydrogen-bond donors (Lipinski definition) is 3. The highest BCUT2D eigenvalue weighted by Crippen LogP contribution is 2.42. The van der Waals surface area contributed by atoms with E-state index in [1.165, 1.54) is 0 Å². The average molecular weight is 220 g/mol. The van der Waals surface area contributed by atoms with Gasteiger partial charge in [0.2, 0.25) is 0 Å². The second-order valence-corrected chi connectivity index (χ2v) is 4.38. The molecule has 3 N–H and O–H groups in total. The van der Waals surface area contributed by atoms with Crippen molar-refractivity contribution < 1.29 is 29.5 Å². The van der Waals surface area contributed by atoms with Gasteiger partial charge in [0.1, 0.15) is 17.8 Å². The lowest BCUT2D eigenvalue weighted by Gasteiger charge is -2.30. The molecular formula is C9H16O6. The second-order valence-electron chi connectivity index (χ2n) is 4.38. The molecule has 6 heteroatoms. The molecule has 0 aromatic heterocycles. The molecule has 2 rings (SSSR count). The first kappa shape index (κ1) is 11.3. The van der Waals surface area contributed by atoms with Crippen LogP contribution < -0.4 is 0 Å². The van der Waals surface area contributed by atoms with Crippen molar-refractivity contribution in [2.45, 2.75) is 43.7 Å². The molecule has 0 spiro atoms. The van der Waals surface area contributed by atoms with Crippen LogP contribution in [0.4, 0.5) is 0 Å². The van der Waals surface area contributed by atoms with Crippen molar-refractivity contribution in [3.8, 4) is 0 Å². The molecule has 0 amide bonds. The first-order chi connectivity index (χ1) is 6.93. The van der Waals surface area contributed by atoms with Gasteiger partial charge in [0, 0.05) is 0 Å². The lowest BCUT2D eigenvalue weighted by molar-refractivity contribution is -0.237. The lowest BCUT2D eigenvalue weighted by Crippen LogP contribution is -2.53. The van der Waals surface area contributed by atoms with E-state index < -0.39 is 43.1 Å². The van der Waals surface area contributed by atoms with Crippen LogP contribution in [-0.4, -0.2) is 58.4 Å². The van der Waals surface area contributed by atoms with E-state index in [-0.39, 0.29) is 0 Å². The molecular weight excluding hydrogens is 204 g/mol. The highest BCUT2D eigenvalue weighted by Gasteiger charge is 2.62. The molecule has 0 bridgehead atoms. The molecule has 2 aliphatic rings. The van der Waals surface area contributed by atoms with E-state index in [0.717, 1.165) is 0 Å². The smallest absolute Gasteiger partial charge is 0.190 e. The summed E-state index contributed by atoms with van der Waals surface area (Å²) in [5.41, 5.74) is -1.60. The first-order valence-corrected chi connectivity index (χ1v) is 4.88. The third-order valence-electron chi connectivity index (χ3n) is 2.83. The lowest BCUT2D eigenvalue weighted by atomic mass is 9.94. The van der Waals surface area contributed by atoms with E-state index in [0.29, 0.717) is 0 Å². The van der Waals surface area contributed by atoms with Crippen LogP contribution in [0.3, 0.4) is 0 Å². The summed E-state index contributed by atoms with van der Waals surface area (Å²) in [6.07, 6.45) is -2.39. The molecule has 2 aliphatic heterocycles. The fourth-order valence-electron chi connectivity index (χ4n) is 2.02. The molecule has 4 atom stereocenters. The first-order valence-electron chi connectivity index (χ1n) is 4.88. The maximum absolute atomic E-state index is 10.1. The Labute approximate surface area is 87.4 Å². The zero-order chi connectivity index (χ0) is 11.3. The summed E-state index contributed by atoms with van der Waals surface area (Å²) >= 11 is 0. The minimum Gasteiger partial charge on any atom is -0.394 e. The van der Waals surface area contributed by atoms with Crippen molar-refractivity contribution in [1.29, 1.82) is 0 Å². The van der Waals surface area contributed by atoms with Crippen LogP contribution in [-0.2, 0) is 14.2 Å². The maximum atomic E-state index is 10.1. The Hall–Kier alpha value is -0.240. The Balaban J connectivity index is 2.22. The fraction of sp³-hybridized carbons (Fsp3) is 1.00. The van der Waals surface area contributed by atoms with Crippen LogP contribution >= 0.6 is 0 Å². The minimum atomic E-state index is -1.60. The van der Waals surface area contributed by atoms with E-state index in [1.54, 1.807) is 13.8 Å². The van der Waals surface area contributed by atoms with Gasteiger partial charge in [-0.25, -0.2) is 0 Å². The van der Waals surface area contributed by atoms with E-state index in [9.17, 15) is 5.11 Å². The van der Waals surface area contributed by atoms with Crippen molar-refractivity contribution in [3.05, 3.63) is 0 Å². The molecule has 0 aliphatic carbocycles. The molecule has 6 nitrogen and oxygen atoms in total. The summed E-state index contributed by atoms with van der Waals surface area (Å²) in [5.74, 6) is -0.848. The number of aliphatic hydroxyl groups excluding tert-OH is 2. The Morgan fingerprint density at radius 1 is 1.20 bits per heavy atom. The van der Waals surface area contributed by atoms with Gasteiger partial charge < -0.3 is 29.5 Å². The summed E-state index contributed by atoms with van der Waals surface area (Å²) in [7, 11) is 0. The normalized spacial score (nSPS) is 48.2. The highest BCUT2D eigenvalue weighted by molar-refractivity contribution is 5.04.